The summed E-state index contributed by atoms with van der Waals surface area (Å²) in [7, 11) is 1.71. The summed E-state index contributed by atoms with van der Waals surface area (Å²) in [5, 5.41) is 3.78. The summed E-state index contributed by atoms with van der Waals surface area (Å²) in [6.07, 6.45) is 2.16. The Balaban J connectivity index is 2.20. The van der Waals surface area contributed by atoms with Crippen LogP contribution in [-0.4, -0.2) is 19.8 Å². The lowest BCUT2D eigenvalue weighted by molar-refractivity contribution is 0.231. The van der Waals surface area contributed by atoms with Gasteiger partial charge in [-0.15, -0.1) is 0 Å². The molecule has 2 unspecified atom stereocenters. The molecule has 1 aromatic rings. The maximum Gasteiger partial charge on any atom is 0.124 e. The Labute approximate surface area is 116 Å². The van der Waals surface area contributed by atoms with Crippen LogP contribution in [0.3, 0.4) is 0 Å². The number of methoxy groups -OCH3 is 1. The first-order valence-corrected chi connectivity index (χ1v) is 7.22. The fourth-order valence-electron chi connectivity index (χ4n) is 2.71. The number of benzene rings is 1. The second kappa shape index (κ2) is 6.29. The molecule has 1 heterocycles. The molecule has 0 bridgehead atoms. The molecule has 106 valence electrons. The van der Waals surface area contributed by atoms with Gasteiger partial charge in [0.25, 0.3) is 0 Å². The number of fused-ring (bicyclic) bond motifs is 1. The normalized spacial score (nSPS) is 19.7. The van der Waals surface area contributed by atoms with Gasteiger partial charge in [-0.2, -0.15) is 0 Å². The van der Waals surface area contributed by atoms with Crippen LogP contribution >= 0.6 is 0 Å². The van der Waals surface area contributed by atoms with Gasteiger partial charge in [0.1, 0.15) is 11.5 Å². The van der Waals surface area contributed by atoms with Crippen molar-refractivity contribution in [3.05, 3.63) is 23.8 Å². The van der Waals surface area contributed by atoms with Gasteiger partial charge in [0.2, 0.25) is 0 Å². The first-order valence-electron chi connectivity index (χ1n) is 7.22. The van der Waals surface area contributed by atoms with Crippen molar-refractivity contribution in [3.63, 3.8) is 0 Å². The SMILES string of the molecule is CCC(NC1CCOc2ccc(OC)cc21)C(C)C. The Kier molecular flexibility index (Phi) is 4.70. The molecule has 1 N–H and O–H groups in total. The van der Waals surface area contributed by atoms with Crippen LogP contribution in [0.1, 0.15) is 45.2 Å². The highest BCUT2D eigenvalue weighted by Gasteiger charge is 2.25. The van der Waals surface area contributed by atoms with Gasteiger partial charge in [0, 0.05) is 24.1 Å². The molecule has 0 aliphatic carbocycles. The summed E-state index contributed by atoms with van der Waals surface area (Å²) in [5.41, 5.74) is 1.23. The average Bonchev–Trinajstić information content (AvgIpc) is 2.43. The van der Waals surface area contributed by atoms with Crippen LogP contribution in [0.2, 0.25) is 0 Å². The van der Waals surface area contributed by atoms with Crippen LogP contribution in [0, 0.1) is 5.92 Å². The van der Waals surface area contributed by atoms with E-state index in [9.17, 15) is 0 Å². The molecule has 2 atom stereocenters. The van der Waals surface area contributed by atoms with Gasteiger partial charge in [0.05, 0.1) is 13.7 Å². The number of nitrogens with one attached hydrogen (secondary N) is 1. The maximum atomic E-state index is 5.73. The minimum absolute atomic E-state index is 0.367. The second-order valence-electron chi connectivity index (χ2n) is 5.52. The molecule has 1 aliphatic heterocycles. The molecule has 0 radical (unpaired) electrons. The van der Waals surface area contributed by atoms with E-state index in [1.807, 2.05) is 12.1 Å². The van der Waals surface area contributed by atoms with Crippen molar-refractivity contribution in [1.82, 2.24) is 5.32 Å². The Hall–Kier alpha value is -1.22. The molecule has 0 saturated heterocycles. The maximum absolute atomic E-state index is 5.73. The van der Waals surface area contributed by atoms with Crippen LogP contribution < -0.4 is 14.8 Å². The summed E-state index contributed by atoms with van der Waals surface area (Å²) in [4.78, 5) is 0. The number of hydrogen-bond acceptors (Lipinski definition) is 3. The fourth-order valence-corrected chi connectivity index (χ4v) is 2.71. The Morgan fingerprint density at radius 3 is 2.84 bits per heavy atom. The largest absolute Gasteiger partial charge is 0.497 e. The molecule has 1 aromatic carbocycles. The van der Waals surface area contributed by atoms with E-state index >= 15 is 0 Å². The molecule has 1 aliphatic rings. The molecule has 2 rings (SSSR count). The minimum atomic E-state index is 0.367. The quantitative estimate of drug-likeness (QED) is 0.881. The number of ether oxygens (including phenoxy) is 2. The van der Waals surface area contributed by atoms with Crippen LogP contribution in [0.15, 0.2) is 18.2 Å². The van der Waals surface area contributed by atoms with E-state index < -0.39 is 0 Å². The van der Waals surface area contributed by atoms with Crippen molar-refractivity contribution in [2.75, 3.05) is 13.7 Å². The van der Waals surface area contributed by atoms with E-state index in [2.05, 4.69) is 32.2 Å². The standard InChI is InChI=1S/C16H25NO2/c1-5-14(11(2)3)17-15-8-9-19-16-7-6-12(18-4)10-13(15)16/h6-7,10-11,14-15,17H,5,8-9H2,1-4H3. The van der Waals surface area contributed by atoms with Crippen molar-refractivity contribution in [1.29, 1.82) is 0 Å². The van der Waals surface area contributed by atoms with Gasteiger partial charge in [-0.1, -0.05) is 20.8 Å². The molecule has 0 amide bonds. The van der Waals surface area contributed by atoms with Crippen molar-refractivity contribution in [3.8, 4) is 11.5 Å². The fraction of sp³-hybridized carbons (Fsp3) is 0.625. The number of hydrogen-bond donors (Lipinski definition) is 1. The van der Waals surface area contributed by atoms with Crippen molar-refractivity contribution < 1.29 is 9.47 Å². The molecular weight excluding hydrogens is 238 g/mol. The molecule has 0 saturated carbocycles. The third-order valence-electron chi connectivity index (χ3n) is 3.92. The first-order chi connectivity index (χ1) is 9.15. The molecule has 19 heavy (non-hydrogen) atoms. The van der Waals surface area contributed by atoms with Gasteiger partial charge in [-0.3, -0.25) is 0 Å². The van der Waals surface area contributed by atoms with Crippen LogP contribution in [0.25, 0.3) is 0 Å². The van der Waals surface area contributed by atoms with E-state index in [1.165, 1.54) is 5.56 Å². The Morgan fingerprint density at radius 1 is 1.42 bits per heavy atom. The van der Waals surface area contributed by atoms with Gasteiger partial charge < -0.3 is 14.8 Å². The van der Waals surface area contributed by atoms with Crippen LogP contribution in [0.5, 0.6) is 11.5 Å². The zero-order valence-corrected chi connectivity index (χ0v) is 12.4. The minimum Gasteiger partial charge on any atom is -0.497 e. The average molecular weight is 263 g/mol. The van der Waals surface area contributed by atoms with Crippen molar-refractivity contribution >= 4 is 0 Å². The summed E-state index contributed by atoms with van der Waals surface area (Å²) < 4.78 is 11.1. The third kappa shape index (κ3) is 3.21. The highest BCUT2D eigenvalue weighted by atomic mass is 16.5. The van der Waals surface area contributed by atoms with E-state index in [4.69, 9.17) is 9.47 Å². The van der Waals surface area contributed by atoms with E-state index in [-0.39, 0.29) is 0 Å². The highest BCUT2D eigenvalue weighted by molar-refractivity contribution is 5.43. The zero-order valence-electron chi connectivity index (χ0n) is 12.4. The Morgan fingerprint density at radius 2 is 2.21 bits per heavy atom. The number of rotatable bonds is 5. The topological polar surface area (TPSA) is 30.5 Å². The summed E-state index contributed by atoms with van der Waals surface area (Å²) in [6, 6.07) is 6.98. The van der Waals surface area contributed by atoms with Crippen LogP contribution in [-0.2, 0) is 0 Å². The van der Waals surface area contributed by atoms with Crippen molar-refractivity contribution in [2.45, 2.75) is 45.7 Å². The third-order valence-corrected chi connectivity index (χ3v) is 3.92. The summed E-state index contributed by atoms with van der Waals surface area (Å²) in [5.74, 6) is 2.53. The van der Waals surface area contributed by atoms with Gasteiger partial charge in [0.15, 0.2) is 0 Å². The monoisotopic (exact) mass is 263 g/mol. The molecule has 0 aromatic heterocycles. The van der Waals surface area contributed by atoms with Gasteiger partial charge >= 0.3 is 0 Å². The molecule has 0 spiro atoms. The molecular formula is C16H25NO2. The van der Waals surface area contributed by atoms with Crippen LogP contribution in [0.4, 0.5) is 0 Å². The molecule has 3 heteroatoms. The lowest BCUT2D eigenvalue weighted by Gasteiger charge is -2.32. The first kappa shape index (κ1) is 14.2. The molecule has 3 nitrogen and oxygen atoms in total. The predicted octanol–water partition coefficient (Wildman–Crippen LogP) is 3.54. The Bertz CT molecular complexity index is 417. The van der Waals surface area contributed by atoms with Gasteiger partial charge in [-0.05, 0) is 30.5 Å². The highest BCUT2D eigenvalue weighted by Crippen LogP contribution is 2.35. The van der Waals surface area contributed by atoms with E-state index in [0.717, 1.165) is 30.9 Å². The second-order valence-corrected chi connectivity index (χ2v) is 5.52. The smallest absolute Gasteiger partial charge is 0.124 e. The summed E-state index contributed by atoms with van der Waals surface area (Å²) in [6.45, 7) is 7.56. The molecule has 0 fully saturated rings. The predicted molar refractivity (Wildman–Crippen MR) is 77.9 cm³/mol. The summed E-state index contributed by atoms with van der Waals surface area (Å²) >= 11 is 0. The van der Waals surface area contributed by atoms with E-state index in [0.29, 0.717) is 18.0 Å². The lowest BCUT2D eigenvalue weighted by atomic mass is 9.95. The zero-order chi connectivity index (χ0) is 13.8. The lowest BCUT2D eigenvalue weighted by Crippen LogP contribution is -2.38. The van der Waals surface area contributed by atoms with E-state index in [1.54, 1.807) is 7.11 Å². The van der Waals surface area contributed by atoms with Gasteiger partial charge in [-0.25, -0.2) is 0 Å². The van der Waals surface area contributed by atoms with Crippen molar-refractivity contribution in [2.24, 2.45) is 5.92 Å².